The van der Waals surface area contributed by atoms with E-state index in [-0.39, 0.29) is 30.3 Å². The number of esters is 1. The summed E-state index contributed by atoms with van der Waals surface area (Å²) in [6, 6.07) is 6.60. The smallest absolute Gasteiger partial charge is 0.340 e. The number of rotatable bonds is 8. The van der Waals surface area contributed by atoms with Crippen LogP contribution >= 0.6 is 23.1 Å². The Morgan fingerprint density at radius 1 is 1.13 bits per heavy atom. The van der Waals surface area contributed by atoms with Gasteiger partial charge in [0.2, 0.25) is 11.0 Å². The summed E-state index contributed by atoms with van der Waals surface area (Å²) in [6.07, 6.45) is 5.49. The van der Waals surface area contributed by atoms with Crippen LogP contribution in [0, 0.1) is 0 Å². The van der Waals surface area contributed by atoms with Crippen LogP contribution in [0.4, 0.5) is 15.6 Å². The summed E-state index contributed by atoms with van der Waals surface area (Å²) < 4.78 is 5.57. The number of anilines is 2. The fourth-order valence-electron chi connectivity index (χ4n) is 3.18. The number of hydrogen-bond donors (Lipinski definition) is 3. The molecule has 1 aromatic heterocycles. The summed E-state index contributed by atoms with van der Waals surface area (Å²) in [4.78, 5) is 36.4. The van der Waals surface area contributed by atoms with Crippen molar-refractivity contribution in [1.29, 1.82) is 0 Å². The van der Waals surface area contributed by atoms with Crippen LogP contribution in [0.5, 0.6) is 0 Å². The zero-order chi connectivity index (χ0) is 22.1. The lowest BCUT2D eigenvalue weighted by molar-refractivity contribution is -0.113. The Morgan fingerprint density at radius 2 is 1.90 bits per heavy atom. The van der Waals surface area contributed by atoms with Crippen LogP contribution in [0.15, 0.2) is 28.6 Å². The van der Waals surface area contributed by atoms with Gasteiger partial charge in [0.25, 0.3) is 0 Å². The Kier molecular flexibility index (Phi) is 8.65. The van der Waals surface area contributed by atoms with Crippen molar-refractivity contribution < 1.29 is 19.1 Å². The molecule has 2 aromatic rings. The monoisotopic (exact) mass is 463 g/mol. The van der Waals surface area contributed by atoms with Crippen molar-refractivity contribution in [2.24, 2.45) is 0 Å². The molecule has 0 unspecified atom stereocenters. The Bertz CT molecular complexity index is 914. The highest BCUT2D eigenvalue weighted by atomic mass is 32.2. The van der Waals surface area contributed by atoms with E-state index in [4.69, 9.17) is 4.74 Å². The van der Waals surface area contributed by atoms with Gasteiger partial charge in [-0.05, 0) is 31.9 Å². The molecule has 1 aromatic carbocycles. The molecule has 11 heteroatoms. The summed E-state index contributed by atoms with van der Waals surface area (Å²) in [5.74, 6) is -0.695. The second-order valence-electron chi connectivity index (χ2n) is 6.91. The number of carbonyl (C=O) groups is 3. The van der Waals surface area contributed by atoms with Gasteiger partial charge in [0.1, 0.15) is 0 Å². The molecule has 0 atom stereocenters. The van der Waals surface area contributed by atoms with Crippen molar-refractivity contribution in [3.8, 4) is 0 Å². The third kappa shape index (κ3) is 7.21. The fourth-order valence-corrected chi connectivity index (χ4v) is 4.72. The largest absolute Gasteiger partial charge is 0.462 e. The molecule has 3 N–H and O–H groups in total. The summed E-state index contributed by atoms with van der Waals surface area (Å²) in [6.45, 7) is 1.98. The molecule has 166 valence electrons. The third-order valence-corrected chi connectivity index (χ3v) is 6.56. The number of aromatic nitrogens is 2. The van der Waals surface area contributed by atoms with Crippen LogP contribution < -0.4 is 16.0 Å². The number of nitrogens with zero attached hydrogens (tertiary/aromatic N) is 2. The molecule has 0 radical (unpaired) electrons. The van der Waals surface area contributed by atoms with Crippen molar-refractivity contribution in [1.82, 2.24) is 15.5 Å². The third-order valence-electron chi connectivity index (χ3n) is 4.59. The van der Waals surface area contributed by atoms with E-state index in [1.54, 1.807) is 31.2 Å². The first-order chi connectivity index (χ1) is 15.0. The molecule has 0 spiro atoms. The predicted molar refractivity (Wildman–Crippen MR) is 121 cm³/mol. The standard InChI is InChI=1S/C20H25N5O4S2/c1-2-29-17(27)14-10-6-7-11-15(14)22-16(26)12-30-20-25-24-19(31-20)23-18(28)21-13-8-4-3-5-9-13/h6-7,10-11,13H,2-5,8-9,12H2,1H3,(H,22,26)(H2,21,23,24,28). The van der Waals surface area contributed by atoms with E-state index in [0.717, 1.165) is 25.7 Å². The number of benzene rings is 1. The Labute approximate surface area is 188 Å². The van der Waals surface area contributed by atoms with Crippen molar-refractivity contribution in [2.45, 2.75) is 49.4 Å². The first-order valence-corrected chi connectivity index (χ1v) is 11.9. The van der Waals surface area contributed by atoms with Crippen molar-refractivity contribution in [2.75, 3.05) is 23.0 Å². The molecular weight excluding hydrogens is 438 g/mol. The summed E-state index contributed by atoms with van der Waals surface area (Å²) in [7, 11) is 0. The first kappa shape index (κ1) is 23.0. The maximum atomic E-state index is 12.3. The molecule has 1 aliphatic carbocycles. The molecule has 31 heavy (non-hydrogen) atoms. The zero-order valence-corrected chi connectivity index (χ0v) is 18.8. The summed E-state index contributed by atoms with van der Waals surface area (Å²) in [5, 5.41) is 16.7. The molecule has 0 bridgehead atoms. The topological polar surface area (TPSA) is 122 Å². The van der Waals surface area contributed by atoms with E-state index in [1.807, 2.05) is 0 Å². The van der Waals surface area contributed by atoms with Crippen molar-refractivity contribution in [3.05, 3.63) is 29.8 Å². The molecule has 1 aliphatic rings. The van der Waals surface area contributed by atoms with Gasteiger partial charge in [-0.2, -0.15) is 0 Å². The Hall–Kier alpha value is -2.66. The molecule has 0 saturated heterocycles. The minimum absolute atomic E-state index is 0.0834. The first-order valence-electron chi connectivity index (χ1n) is 10.1. The van der Waals surface area contributed by atoms with Gasteiger partial charge in [-0.1, -0.05) is 54.5 Å². The maximum absolute atomic E-state index is 12.3. The molecule has 1 fully saturated rings. The van der Waals surface area contributed by atoms with Gasteiger partial charge in [0.15, 0.2) is 4.34 Å². The van der Waals surface area contributed by atoms with Crippen molar-refractivity contribution >= 4 is 51.8 Å². The van der Waals surface area contributed by atoms with Crippen LogP contribution in [0.25, 0.3) is 0 Å². The van der Waals surface area contributed by atoms with E-state index in [0.29, 0.717) is 20.7 Å². The average Bonchev–Trinajstić information content (AvgIpc) is 3.20. The molecule has 3 amide bonds. The van der Waals surface area contributed by atoms with Gasteiger partial charge < -0.3 is 15.4 Å². The number of urea groups is 1. The summed E-state index contributed by atoms with van der Waals surface area (Å²) in [5.41, 5.74) is 0.694. The van der Waals surface area contributed by atoms with E-state index in [2.05, 4.69) is 26.1 Å². The molecular formula is C20H25N5O4S2. The van der Waals surface area contributed by atoms with Crippen LogP contribution in [0.2, 0.25) is 0 Å². The van der Waals surface area contributed by atoms with Crippen LogP contribution in [-0.2, 0) is 9.53 Å². The van der Waals surface area contributed by atoms with Gasteiger partial charge in [0.05, 0.1) is 23.6 Å². The lowest BCUT2D eigenvalue weighted by atomic mass is 9.96. The molecule has 1 saturated carbocycles. The van der Waals surface area contributed by atoms with Gasteiger partial charge >= 0.3 is 12.0 Å². The minimum atomic E-state index is -0.489. The second kappa shape index (κ2) is 11.7. The van der Waals surface area contributed by atoms with Crippen LogP contribution in [0.3, 0.4) is 0 Å². The average molecular weight is 464 g/mol. The molecule has 3 rings (SSSR count). The number of ether oxygens (including phenoxy) is 1. The number of amides is 3. The molecule has 1 heterocycles. The number of nitrogens with one attached hydrogen (secondary N) is 3. The minimum Gasteiger partial charge on any atom is -0.462 e. The lowest BCUT2D eigenvalue weighted by Gasteiger charge is -2.22. The van der Waals surface area contributed by atoms with E-state index in [1.165, 1.54) is 29.5 Å². The Morgan fingerprint density at radius 3 is 2.68 bits per heavy atom. The highest BCUT2D eigenvalue weighted by molar-refractivity contribution is 8.01. The van der Waals surface area contributed by atoms with Crippen molar-refractivity contribution in [3.63, 3.8) is 0 Å². The van der Waals surface area contributed by atoms with Gasteiger partial charge in [-0.25, -0.2) is 9.59 Å². The zero-order valence-electron chi connectivity index (χ0n) is 17.2. The SMILES string of the molecule is CCOC(=O)c1ccccc1NC(=O)CSc1nnc(NC(=O)NC2CCCCC2)s1. The number of hydrogen-bond acceptors (Lipinski definition) is 8. The van der Waals surface area contributed by atoms with Gasteiger partial charge in [-0.15, -0.1) is 10.2 Å². The quantitative estimate of drug-likeness (QED) is 0.308. The fraction of sp³-hybridized carbons (Fsp3) is 0.450. The van der Waals surface area contributed by atoms with Gasteiger partial charge in [0, 0.05) is 6.04 Å². The highest BCUT2D eigenvalue weighted by Gasteiger charge is 2.17. The van der Waals surface area contributed by atoms with Crippen LogP contribution in [-0.4, -0.2) is 46.5 Å². The number of para-hydroxylation sites is 1. The van der Waals surface area contributed by atoms with Crippen LogP contribution in [0.1, 0.15) is 49.4 Å². The molecule has 0 aliphatic heterocycles. The normalized spacial score (nSPS) is 14.0. The van der Waals surface area contributed by atoms with E-state index >= 15 is 0 Å². The number of thioether (sulfide) groups is 1. The molecule has 9 nitrogen and oxygen atoms in total. The van der Waals surface area contributed by atoms with Gasteiger partial charge in [-0.3, -0.25) is 10.1 Å². The second-order valence-corrected chi connectivity index (χ2v) is 9.11. The van der Waals surface area contributed by atoms with E-state index in [9.17, 15) is 14.4 Å². The lowest BCUT2D eigenvalue weighted by Crippen LogP contribution is -2.38. The number of carbonyl (C=O) groups excluding carboxylic acids is 3. The highest BCUT2D eigenvalue weighted by Crippen LogP contribution is 2.26. The predicted octanol–water partition coefficient (Wildman–Crippen LogP) is 3.90. The van der Waals surface area contributed by atoms with E-state index < -0.39 is 5.97 Å². The maximum Gasteiger partial charge on any atom is 0.340 e. The summed E-state index contributed by atoms with van der Waals surface area (Å²) >= 11 is 2.40. The Balaban J connectivity index is 1.46.